The fourth-order valence-corrected chi connectivity index (χ4v) is 5.58. The van der Waals surface area contributed by atoms with E-state index in [4.69, 9.17) is 10.5 Å². The quantitative estimate of drug-likeness (QED) is 0.629. The second-order valence-electron chi connectivity index (χ2n) is 9.77. The fourth-order valence-electron chi connectivity index (χ4n) is 5.58. The van der Waals surface area contributed by atoms with Crippen LogP contribution in [0.4, 0.5) is 5.82 Å². The molecule has 2 aliphatic carbocycles. The first-order chi connectivity index (χ1) is 15.6. The van der Waals surface area contributed by atoms with Crippen LogP contribution in [0.2, 0.25) is 0 Å². The van der Waals surface area contributed by atoms with Gasteiger partial charge in [0.2, 0.25) is 0 Å². The molecule has 6 heteroatoms. The Morgan fingerprint density at radius 1 is 1.09 bits per heavy atom. The van der Waals surface area contributed by atoms with Crippen LogP contribution in [0.3, 0.4) is 0 Å². The molecule has 2 fully saturated rings. The molecule has 32 heavy (non-hydrogen) atoms. The molecule has 3 aromatic rings. The highest BCUT2D eigenvalue weighted by Crippen LogP contribution is 2.48. The van der Waals surface area contributed by atoms with Gasteiger partial charge in [-0.05, 0) is 86.7 Å². The normalized spacial score (nSPS) is 20.5. The number of nitrogen functional groups attached to an aromatic ring is 1. The Kier molecular flexibility index (Phi) is 4.72. The van der Waals surface area contributed by atoms with E-state index in [-0.39, 0.29) is 0 Å². The number of hydrogen-bond donors (Lipinski definition) is 2. The lowest BCUT2D eigenvalue weighted by Crippen LogP contribution is -2.37. The van der Waals surface area contributed by atoms with Gasteiger partial charge in [0.15, 0.2) is 0 Å². The number of piperidine rings is 1. The lowest BCUT2D eigenvalue weighted by molar-refractivity contribution is 0.184. The second-order valence-corrected chi connectivity index (χ2v) is 9.77. The summed E-state index contributed by atoms with van der Waals surface area (Å²) in [5.74, 6) is 1.48. The summed E-state index contributed by atoms with van der Waals surface area (Å²) in [6, 6.07) is 8.46. The predicted molar refractivity (Wildman–Crippen MR) is 128 cm³/mol. The number of nitrogens with two attached hydrogens (primary N) is 1. The van der Waals surface area contributed by atoms with E-state index in [1.54, 1.807) is 6.33 Å². The standard InChI is InChI=1S/C26H31N5O/c1-31-23(18-8-10-26(11-9-18)12-14-28-15-13-26)21(22-24(27)29-16-30-25(22)31)17-2-4-19(5-3-17)32-20-6-7-20/h2-5,8,16,20,28H,6-7,9-15H2,1H3,(H2,27,29,30). The molecule has 166 valence electrons. The van der Waals surface area contributed by atoms with Gasteiger partial charge < -0.3 is 20.4 Å². The number of nitrogens with zero attached hydrogens (tertiary/aromatic N) is 3. The molecule has 1 saturated heterocycles. The zero-order chi connectivity index (χ0) is 21.7. The molecule has 6 rings (SSSR count). The zero-order valence-corrected chi connectivity index (χ0v) is 18.7. The number of anilines is 1. The molecule has 3 heterocycles. The van der Waals surface area contributed by atoms with Crippen molar-refractivity contribution in [3.05, 3.63) is 42.4 Å². The Morgan fingerprint density at radius 2 is 1.88 bits per heavy atom. The number of aromatic nitrogens is 3. The molecule has 3 aliphatic rings. The summed E-state index contributed by atoms with van der Waals surface area (Å²) < 4.78 is 8.18. The van der Waals surface area contributed by atoms with Crippen molar-refractivity contribution in [3.8, 4) is 16.9 Å². The van der Waals surface area contributed by atoms with Crippen LogP contribution in [-0.4, -0.2) is 33.7 Å². The van der Waals surface area contributed by atoms with Gasteiger partial charge in [-0.3, -0.25) is 0 Å². The number of aryl methyl sites for hydroxylation is 1. The summed E-state index contributed by atoms with van der Waals surface area (Å²) >= 11 is 0. The molecule has 1 spiro atoms. The van der Waals surface area contributed by atoms with Gasteiger partial charge >= 0.3 is 0 Å². The molecule has 1 saturated carbocycles. The summed E-state index contributed by atoms with van der Waals surface area (Å²) in [4.78, 5) is 8.93. The average Bonchev–Trinajstić information content (AvgIpc) is 3.58. The van der Waals surface area contributed by atoms with Crippen molar-refractivity contribution in [2.24, 2.45) is 12.5 Å². The molecule has 1 aliphatic heterocycles. The van der Waals surface area contributed by atoms with Crippen molar-refractivity contribution < 1.29 is 4.74 Å². The molecule has 3 N–H and O–H groups in total. The van der Waals surface area contributed by atoms with Crippen molar-refractivity contribution >= 4 is 22.4 Å². The molecule has 1 aromatic carbocycles. The number of benzene rings is 1. The summed E-state index contributed by atoms with van der Waals surface area (Å²) in [5.41, 5.74) is 12.7. The minimum atomic E-state index is 0.396. The first-order valence-corrected chi connectivity index (χ1v) is 11.9. The fraction of sp³-hybridized carbons (Fsp3) is 0.462. The van der Waals surface area contributed by atoms with Crippen molar-refractivity contribution in [1.82, 2.24) is 19.9 Å². The van der Waals surface area contributed by atoms with Crippen molar-refractivity contribution in [3.63, 3.8) is 0 Å². The van der Waals surface area contributed by atoms with Gasteiger partial charge in [-0.25, -0.2) is 9.97 Å². The molecular weight excluding hydrogens is 398 g/mol. The van der Waals surface area contributed by atoms with Gasteiger partial charge in [0, 0.05) is 12.6 Å². The Labute approximate surface area is 188 Å². The average molecular weight is 430 g/mol. The van der Waals surface area contributed by atoms with Gasteiger partial charge in [0.05, 0.1) is 17.2 Å². The van der Waals surface area contributed by atoms with Gasteiger partial charge in [-0.1, -0.05) is 18.2 Å². The minimum Gasteiger partial charge on any atom is -0.490 e. The van der Waals surface area contributed by atoms with Crippen LogP contribution in [0.5, 0.6) is 5.75 Å². The number of nitrogens with one attached hydrogen (secondary N) is 1. The van der Waals surface area contributed by atoms with Gasteiger partial charge in [0.1, 0.15) is 23.5 Å². The first-order valence-electron chi connectivity index (χ1n) is 11.9. The minimum absolute atomic E-state index is 0.396. The lowest BCUT2D eigenvalue weighted by Gasteiger charge is -2.40. The van der Waals surface area contributed by atoms with Crippen LogP contribution < -0.4 is 15.8 Å². The summed E-state index contributed by atoms with van der Waals surface area (Å²) in [6.45, 7) is 2.29. The zero-order valence-electron chi connectivity index (χ0n) is 18.7. The summed E-state index contributed by atoms with van der Waals surface area (Å²) in [7, 11) is 2.11. The Balaban J connectivity index is 1.45. The Hall–Kier alpha value is -2.86. The van der Waals surface area contributed by atoms with E-state index in [1.165, 1.54) is 30.5 Å². The maximum Gasteiger partial charge on any atom is 0.146 e. The predicted octanol–water partition coefficient (Wildman–Crippen LogP) is 4.70. The van der Waals surface area contributed by atoms with E-state index in [9.17, 15) is 0 Å². The maximum atomic E-state index is 6.41. The van der Waals surface area contributed by atoms with E-state index in [1.807, 2.05) is 0 Å². The highest BCUT2D eigenvalue weighted by molar-refractivity contribution is 6.05. The van der Waals surface area contributed by atoms with Crippen molar-refractivity contribution in [1.29, 1.82) is 0 Å². The van der Waals surface area contributed by atoms with Crippen LogP contribution in [0.15, 0.2) is 36.7 Å². The summed E-state index contributed by atoms with van der Waals surface area (Å²) in [6.07, 6.45) is 12.8. The van der Waals surface area contributed by atoms with Crippen LogP contribution in [-0.2, 0) is 7.05 Å². The van der Waals surface area contributed by atoms with E-state index >= 15 is 0 Å². The number of hydrogen-bond acceptors (Lipinski definition) is 5. The maximum absolute atomic E-state index is 6.41. The van der Waals surface area contributed by atoms with Crippen LogP contribution in [0.25, 0.3) is 27.7 Å². The first kappa shape index (κ1) is 19.8. The topological polar surface area (TPSA) is 78.0 Å². The van der Waals surface area contributed by atoms with Crippen molar-refractivity contribution in [2.75, 3.05) is 18.8 Å². The van der Waals surface area contributed by atoms with E-state index in [0.717, 1.165) is 66.7 Å². The molecule has 0 amide bonds. The molecule has 0 unspecified atom stereocenters. The number of allylic oxidation sites excluding steroid dienone is 2. The second kappa shape index (κ2) is 7.62. The van der Waals surface area contributed by atoms with Gasteiger partial charge in [-0.2, -0.15) is 0 Å². The van der Waals surface area contributed by atoms with Crippen LogP contribution >= 0.6 is 0 Å². The van der Waals surface area contributed by atoms with Crippen LogP contribution in [0, 0.1) is 5.41 Å². The molecule has 2 aromatic heterocycles. The van der Waals surface area contributed by atoms with Gasteiger partial charge in [0.25, 0.3) is 0 Å². The molecule has 0 radical (unpaired) electrons. The molecular formula is C26H31N5O. The molecule has 0 bridgehead atoms. The molecule has 0 atom stereocenters. The number of fused-ring (bicyclic) bond motifs is 1. The largest absolute Gasteiger partial charge is 0.490 e. The molecule has 6 nitrogen and oxygen atoms in total. The van der Waals surface area contributed by atoms with Crippen molar-refractivity contribution in [2.45, 2.75) is 51.0 Å². The SMILES string of the molecule is Cn1c(C2=CCC3(CCNCC3)CC2)c(-c2ccc(OC3CC3)cc2)c2c(N)ncnc21. The smallest absolute Gasteiger partial charge is 0.146 e. The Morgan fingerprint density at radius 3 is 2.56 bits per heavy atom. The summed E-state index contributed by atoms with van der Waals surface area (Å²) in [5, 5.41) is 4.47. The van der Waals surface area contributed by atoms with Crippen LogP contribution in [0.1, 0.15) is 50.6 Å². The van der Waals surface area contributed by atoms with Gasteiger partial charge in [-0.15, -0.1) is 0 Å². The lowest BCUT2D eigenvalue weighted by atomic mass is 9.68. The van der Waals surface area contributed by atoms with E-state index in [2.05, 4.69) is 57.2 Å². The van der Waals surface area contributed by atoms with E-state index < -0.39 is 0 Å². The third-order valence-corrected chi connectivity index (χ3v) is 7.64. The number of ether oxygens (including phenoxy) is 1. The highest BCUT2D eigenvalue weighted by Gasteiger charge is 2.35. The monoisotopic (exact) mass is 429 g/mol. The van der Waals surface area contributed by atoms with E-state index in [0.29, 0.717) is 17.3 Å². The third-order valence-electron chi connectivity index (χ3n) is 7.64. The number of rotatable bonds is 4. The Bertz CT molecular complexity index is 1180. The highest BCUT2D eigenvalue weighted by atomic mass is 16.5. The third kappa shape index (κ3) is 3.37.